The molecule has 2 rings (SSSR count). The summed E-state index contributed by atoms with van der Waals surface area (Å²) >= 11 is 1.17. The summed E-state index contributed by atoms with van der Waals surface area (Å²) in [6.07, 6.45) is -0.664. The van der Waals surface area contributed by atoms with Crippen LogP contribution in [-0.4, -0.2) is 54.1 Å². The minimum atomic E-state index is -3.06. The fraction of sp³-hybridized carbons (Fsp3) is 0.750. The molecule has 0 radical (unpaired) electrons. The molecule has 9 heteroatoms. The third-order valence-electron chi connectivity index (χ3n) is 2.57. The normalized spacial score (nSPS) is 30.2. The van der Waals surface area contributed by atoms with Gasteiger partial charge in [-0.1, -0.05) is 11.8 Å². The molecule has 17 heavy (non-hydrogen) atoms. The Hall–Kier alpha value is -0.960. The predicted octanol–water partition coefficient (Wildman–Crippen LogP) is -0.203. The van der Waals surface area contributed by atoms with Crippen LogP contribution < -0.4 is 5.43 Å². The van der Waals surface area contributed by atoms with E-state index < -0.39 is 15.9 Å². The summed E-state index contributed by atoms with van der Waals surface area (Å²) in [6.45, 7) is 1.90. The molecule has 2 aliphatic rings. The van der Waals surface area contributed by atoms with Gasteiger partial charge in [0.2, 0.25) is 0 Å². The van der Waals surface area contributed by atoms with E-state index in [4.69, 9.17) is 10.1 Å². The van der Waals surface area contributed by atoms with Crippen LogP contribution in [0, 0.1) is 5.41 Å². The highest BCUT2D eigenvalue weighted by Crippen LogP contribution is 2.36. The number of thioether (sulfide) groups is 1. The van der Waals surface area contributed by atoms with Gasteiger partial charge in [-0.3, -0.25) is 10.4 Å². The SMILES string of the molecule is CCOC(=O)NN1C(=N)S[C@@H]2CS(=O)(=O)C[C@H]21. The van der Waals surface area contributed by atoms with Crippen molar-refractivity contribution in [2.24, 2.45) is 0 Å². The highest BCUT2D eigenvalue weighted by atomic mass is 32.2. The van der Waals surface area contributed by atoms with Crippen LogP contribution in [0.4, 0.5) is 4.79 Å². The largest absolute Gasteiger partial charge is 0.449 e. The van der Waals surface area contributed by atoms with E-state index in [2.05, 4.69) is 5.43 Å². The molecule has 2 N–H and O–H groups in total. The van der Waals surface area contributed by atoms with Gasteiger partial charge >= 0.3 is 6.09 Å². The number of carbonyl (C=O) groups is 1. The van der Waals surface area contributed by atoms with Gasteiger partial charge in [-0.2, -0.15) is 0 Å². The molecule has 0 aromatic heterocycles. The summed E-state index contributed by atoms with van der Waals surface area (Å²) in [5.74, 6) is 0.0329. The third-order valence-corrected chi connectivity index (χ3v) is 5.70. The Morgan fingerprint density at radius 3 is 3.00 bits per heavy atom. The van der Waals surface area contributed by atoms with Crippen LogP contribution in [0.5, 0.6) is 0 Å². The molecule has 2 atom stereocenters. The Bertz CT molecular complexity index is 450. The van der Waals surface area contributed by atoms with Crippen LogP contribution in [0.2, 0.25) is 0 Å². The van der Waals surface area contributed by atoms with Crippen LogP contribution in [0.1, 0.15) is 6.92 Å². The molecule has 2 aliphatic heterocycles. The number of amidine groups is 1. The van der Waals surface area contributed by atoms with Gasteiger partial charge in [0, 0.05) is 5.25 Å². The molecule has 0 aromatic rings. The molecule has 0 aromatic carbocycles. The molecule has 2 heterocycles. The van der Waals surface area contributed by atoms with Crippen molar-refractivity contribution in [3.8, 4) is 0 Å². The lowest BCUT2D eigenvalue weighted by atomic mass is 10.2. The quantitative estimate of drug-likeness (QED) is 0.726. The topological polar surface area (TPSA) is 99.6 Å². The molecule has 0 spiro atoms. The molecule has 2 saturated heterocycles. The molecule has 0 saturated carbocycles. The maximum atomic E-state index is 11.5. The number of sulfone groups is 1. The minimum Gasteiger partial charge on any atom is -0.449 e. The fourth-order valence-electron chi connectivity index (χ4n) is 1.90. The van der Waals surface area contributed by atoms with Crippen molar-refractivity contribution in [3.63, 3.8) is 0 Å². The van der Waals surface area contributed by atoms with E-state index in [0.29, 0.717) is 0 Å². The fourth-order valence-corrected chi connectivity index (χ4v) is 5.63. The Morgan fingerprint density at radius 1 is 1.65 bits per heavy atom. The highest BCUT2D eigenvalue weighted by Gasteiger charge is 2.49. The first-order valence-electron chi connectivity index (χ1n) is 5.11. The van der Waals surface area contributed by atoms with Crippen molar-refractivity contribution >= 4 is 32.9 Å². The van der Waals surface area contributed by atoms with E-state index in [0.717, 1.165) is 0 Å². The summed E-state index contributed by atoms with van der Waals surface area (Å²) in [7, 11) is -3.06. The number of hydrogen-bond acceptors (Lipinski definition) is 6. The van der Waals surface area contributed by atoms with E-state index in [1.165, 1.54) is 16.8 Å². The van der Waals surface area contributed by atoms with Crippen molar-refractivity contribution in [2.45, 2.75) is 18.2 Å². The molecular weight excluding hydrogens is 266 g/mol. The van der Waals surface area contributed by atoms with Crippen molar-refractivity contribution < 1.29 is 17.9 Å². The number of fused-ring (bicyclic) bond motifs is 1. The van der Waals surface area contributed by atoms with Crippen LogP contribution in [0.25, 0.3) is 0 Å². The molecule has 0 aliphatic carbocycles. The first-order valence-corrected chi connectivity index (χ1v) is 7.81. The zero-order valence-corrected chi connectivity index (χ0v) is 10.8. The van der Waals surface area contributed by atoms with Gasteiger partial charge in [-0.15, -0.1) is 0 Å². The van der Waals surface area contributed by atoms with Gasteiger partial charge in [-0.05, 0) is 6.92 Å². The van der Waals surface area contributed by atoms with Gasteiger partial charge in [0.15, 0.2) is 15.0 Å². The predicted molar refractivity (Wildman–Crippen MR) is 63.5 cm³/mol. The number of carbonyl (C=O) groups excluding carboxylic acids is 1. The van der Waals surface area contributed by atoms with Crippen molar-refractivity contribution in [1.29, 1.82) is 5.41 Å². The van der Waals surface area contributed by atoms with Gasteiger partial charge in [0.25, 0.3) is 0 Å². The lowest BCUT2D eigenvalue weighted by molar-refractivity contribution is 0.125. The van der Waals surface area contributed by atoms with Crippen LogP contribution in [0.3, 0.4) is 0 Å². The number of nitrogens with one attached hydrogen (secondary N) is 2. The summed E-state index contributed by atoms with van der Waals surface area (Å²) in [6, 6.07) is -0.359. The molecule has 7 nitrogen and oxygen atoms in total. The number of rotatable bonds is 2. The Balaban J connectivity index is 2.07. The van der Waals surface area contributed by atoms with E-state index in [9.17, 15) is 13.2 Å². The van der Waals surface area contributed by atoms with Crippen molar-refractivity contribution in [2.75, 3.05) is 18.1 Å². The first kappa shape index (κ1) is 12.5. The van der Waals surface area contributed by atoms with E-state index in [-0.39, 0.29) is 34.6 Å². The third kappa shape index (κ3) is 2.49. The zero-order valence-electron chi connectivity index (χ0n) is 9.17. The Labute approximate surface area is 103 Å². The summed E-state index contributed by atoms with van der Waals surface area (Å²) in [4.78, 5) is 11.3. The first-order chi connectivity index (χ1) is 7.93. The van der Waals surface area contributed by atoms with E-state index in [1.807, 2.05) is 0 Å². The lowest BCUT2D eigenvalue weighted by Gasteiger charge is -2.23. The second-order valence-electron chi connectivity index (χ2n) is 3.81. The number of hydrogen-bond donors (Lipinski definition) is 2. The van der Waals surface area contributed by atoms with E-state index in [1.54, 1.807) is 6.92 Å². The zero-order chi connectivity index (χ0) is 12.6. The molecule has 0 unspecified atom stereocenters. The van der Waals surface area contributed by atoms with Gasteiger partial charge < -0.3 is 4.74 Å². The number of ether oxygens (including phenoxy) is 1. The van der Waals surface area contributed by atoms with E-state index >= 15 is 0 Å². The molecule has 1 amide bonds. The summed E-state index contributed by atoms with van der Waals surface area (Å²) in [5.41, 5.74) is 2.40. The number of nitrogens with zero attached hydrogens (tertiary/aromatic N) is 1. The van der Waals surface area contributed by atoms with Gasteiger partial charge in [-0.25, -0.2) is 18.6 Å². The number of amides is 1. The average molecular weight is 279 g/mol. The maximum absolute atomic E-state index is 11.5. The monoisotopic (exact) mass is 279 g/mol. The van der Waals surface area contributed by atoms with Crippen LogP contribution in [0.15, 0.2) is 0 Å². The number of hydrazine groups is 1. The second kappa shape index (κ2) is 4.37. The molecule has 96 valence electrons. The van der Waals surface area contributed by atoms with Crippen molar-refractivity contribution in [1.82, 2.24) is 10.4 Å². The highest BCUT2D eigenvalue weighted by molar-refractivity contribution is 8.15. The maximum Gasteiger partial charge on any atom is 0.426 e. The van der Waals surface area contributed by atoms with Crippen molar-refractivity contribution in [3.05, 3.63) is 0 Å². The molecule has 2 fully saturated rings. The summed E-state index contributed by atoms with van der Waals surface area (Å²) in [5, 5.41) is 8.96. The average Bonchev–Trinajstić information content (AvgIpc) is 2.62. The Kier molecular flexibility index (Phi) is 3.21. The minimum absolute atomic E-state index is 0.0283. The smallest absolute Gasteiger partial charge is 0.426 e. The second-order valence-corrected chi connectivity index (χ2v) is 7.19. The van der Waals surface area contributed by atoms with Crippen LogP contribution in [-0.2, 0) is 14.6 Å². The molecule has 0 bridgehead atoms. The lowest BCUT2D eigenvalue weighted by Crippen LogP contribution is -2.49. The Morgan fingerprint density at radius 2 is 2.35 bits per heavy atom. The summed E-state index contributed by atoms with van der Waals surface area (Å²) < 4.78 is 27.6. The van der Waals surface area contributed by atoms with Gasteiger partial charge in [0.05, 0.1) is 24.2 Å². The van der Waals surface area contributed by atoms with Gasteiger partial charge in [0.1, 0.15) is 0 Å². The molecular formula is C8H13N3O4S2. The standard InChI is InChI=1S/C8H13N3O4S2/c1-2-15-8(12)10-11-5-3-17(13,14)4-6(5)16-7(11)9/h5-6,9H,2-4H2,1H3,(H,10,12)/t5-,6-/m1/s1. The van der Waals surface area contributed by atoms with Crippen LogP contribution >= 0.6 is 11.8 Å².